The smallest absolute Gasteiger partial charge is 0.347 e. The summed E-state index contributed by atoms with van der Waals surface area (Å²) in [6.07, 6.45) is -3.24. The highest BCUT2D eigenvalue weighted by Gasteiger charge is 2.33. The average Bonchev–Trinajstić information content (AvgIpc) is 2.81. The summed E-state index contributed by atoms with van der Waals surface area (Å²) in [6, 6.07) is 10.4. The van der Waals surface area contributed by atoms with Crippen molar-refractivity contribution in [1.29, 1.82) is 0 Å². The molecule has 1 aliphatic carbocycles. The van der Waals surface area contributed by atoms with E-state index in [0.717, 1.165) is 12.1 Å². The Labute approximate surface area is 206 Å². The molecule has 1 aliphatic rings. The van der Waals surface area contributed by atoms with Crippen molar-refractivity contribution in [3.8, 4) is 0 Å². The Morgan fingerprint density at radius 3 is 2.14 bits per heavy atom. The van der Waals surface area contributed by atoms with E-state index in [0.29, 0.717) is 43.4 Å². The maximum Gasteiger partial charge on any atom is 0.469 e. The van der Waals surface area contributed by atoms with Gasteiger partial charge in [-0.2, -0.15) is 13.2 Å². The lowest BCUT2D eigenvalue weighted by Crippen LogP contribution is -2.42. The second-order valence-corrected chi connectivity index (χ2v) is 11.4. The molecule has 0 aliphatic heterocycles. The summed E-state index contributed by atoms with van der Waals surface area (Å²) in [5.74, 6) is -0.819. The number of carbonyl (C=O) groups excluding carboxylic acids is 1. The van der Waals surface area contributed by atoms with Gasteiger partial charge in [0.2, 0.25) is 15.9 Å². The fraction of sp³-hybridized carbons (Fsp3) is 0.409. The van der Waals surface area contributed by atoms with E-state index in [9.17, 15) is 30.9 Å². The quantitative estimate of drug-likeness (QED) is 0.350. The highest BCUT2D eigenvalue weighted by atomic mass is 32.2. The third kappa shape index (κ3) is 8.12. The van der Waals surface area contributed by atoms with E-state index in [-0.39, 0.29) is 10.8 Å². The van der Waals surface area contributed by atoms with Gasteiger partial charge in [-0.15, -0.1) is 0 Å². The summed E-state index contributed by atoms with van der Waals surface area (Å²) in [4.78, 5) is 30.6. The average molecular weight is 550 g/mol. The van der Waals surface area contributed by atoms with Crippen LogP contribution in [0.5, 0.6) is 0 Å². The van der Waals surface area contributed by atoms with E-state index >= 15 is 0 Å². The van der Waals surface area contributed by atoms with Gasteiger partial charge in [-0.3, -0.25) is 9.32 Å². The number of halogens is 3. The van der Waals surface area contributed by atoms with Gasteiger partial charge in [0.1, 0.15) is 0 Å². The molecule has 1 saturated carbocycles. The molecule has 1 amide bonds. The second kappa shape index (κ2) is 11.4. The summed E-state index contributed by atoms with van der Waals surface area (Å²) in [6.45, 7) is -0.442. The van der Waals surface area contributed by atoms with Crippen molar-refractivity contribution in [2.24, 2.45) is 5.92 Å². The van der Waals surface area contributed by atoms with Crippen LogP contribution in [0.2, 0.25) is 0 Å². The SMILES string of the molecule is O=C(N[C@@H](COP(=O)(O)O)c1ccccc1)C1CCC(NS(=O)(=O)c2ccc(C(F)(F)F)cc2)CC1. The third-order valence-electron chi connectivity index (χ3n) is 5.84. The van der Waals surface area contributed by atoms with Crippen LogP contribution in [0.15, 0.2) is 59.5 Å². The van der Waals surface area contributed by atoms with E-state index in [2.05, 4.69) is 14.6 Å². The van der Waals surface area contributed by atoms with Gasteiger partial charge < -0.3 is 15.1 Å². The molecule has 36 heavy (non-hydrogen) atoms. The van der Waals surface area contributed by atoms with Gasteiger partial charge in [0.15, 0.2) is 0 Å². The summed E-state index contributed by atoms with van der Waals surface area (Å²) in [7, 11) is -8.80. The zero-order valence-electron chi connectivity index (χ0n) is 18.9. The number of hydrogen-bond donors (Lipinski definition) is 4. The monoisotopic (exact) mass is 550 g/mol. The maximum absolute atomic E-state index is 12.8. The highest BCUT2D eigenvalue weighted by Crippen LogP contribution is 2.37. The van der Waals surface area contributed by atoms with Gasteiger partial charge >= 0.3 is 14.0 Å². The lowest BCUT2D eigenvalue weighted by Gasteiger charge is -2.29. The molecule has 2 aromatic carbocycles. The molecule has 0 radical (unpaired) electrons. The minimum absolute atomic E-state index is 0.286. The number of rotatable bonds is 9. The normalized spacial score (nSPS) is 20.0. The molecular formula is C22H26F3N2O7PS. The number of sulfonamides is 1. The van der Waals surface area contributed by atoms with E-state index in [1.807, 2.05) is 0 Å². The minimum Gasteiger partial charge on any atom is -0.347 e. The zero-order valence-corrected chi connectivity index (χ0v) is 20.6. The lowest BCUT2D eigenvalue weighted by molar-refractivity contribution is -0.137. The van der Waals surface area contributed by atoms with Crippen molar-refractivity contribution < 1.29 is 45.3 Å². The van der Waals surface area contributed by atoms with Gasteiger partial charge in [0, 0.05) is 12.0 Å². The molecule has 14 heteroatoms. The van der Waals surface area contributed by atoms with Gasteiger partial charge in [0.25, 0.3) is 0 Å². The van der Waals surface area contributed by atoms with Crippen molar-refractivity contribution in [3.63, 3.8) is 0 Å². The number of alkyl halides is 3. The Balaban J connectivity index is 1.57. The predicted octanol–water partition coefficient (Wildman–Crippen LogP) is 3.51. The van der Waals surface area contributed by atoms with Crippen molar-refractivity contribution in [2.75, 3.05) is 6.61 Å². The van der Waals surface area contributed by atoms with Crippen LogP contribution in [0.3, 0.4) is 0 Å². The largest absolute Gasteiger partial charge is 0.469 e. The number of carbonyl (C=O) groups is 1. The van der Waals surface area contributed by atoms with E-state index < -0.39 is 54.2 Å². The molecule has 198 valence electrons. The molecule has 0 saturated heterocycles. The molecular weight excluding hydrogens is 524 g/mol. The van der Waals surface area contributed by atoms with E-state index in [1.165, 1.54) is 0 Å². The topological polar surface area (TPSA) is 142 Å². The molecule has 0 heterocycles. The van der Waals surface area contributed by atoms with Crippen LogP contribution in [-0.2, 0) is 30.1 Å². The molecule has 9 nitrogen and oxygen atoms in total. The number of nitrogens with one attached hydrogen (secondary N) is 2. The molecule has 0 spiro atoms. The molecule has 0 bridgehead atoms. The molecule has 4 N–H and O–H groups in total. The number of benzene rings is 2. The van der Waals surface area contributed by atoms with Gasteiger partial charge in [0.05, 0.1) is 23.1 Å². The molecule has 1 fully saturated rings. The molecule has 1 atom stereocenters. The maximum atomic E-state index is 12.8. The first-order valence-corrected chi connectivity index (χ1v) is 14.0. The van der Waals surface area contributed by atoms with Crippen LogP contribution in [0.4, 0.5) is 13.2 Å². The fourth-order valence-electron chi connectivity index (χ4n) is 3.95. The third-order valence-corrected chi connectivity index (χ3v) is 7.86. The second-order valence-electron chi connectivity index (χ2n) is 8.45. The van der Waals surface area contributed by atoms with Crippen LogP contribution in [0.1, 0.15) is 42.9 Å². The Kier molecular flexibility index (Phi) is 8.97. The zero-order chi connectivity index (χ0) is 26.6. The minimum atomic E-state index is -4.75. The van der Waals surface area contributed by atoms with E-state index in [1.54, 1.807) is 30.3 Å². The van der Waals surface area contributed by atoms with Crippen LogP contribution < -0.4 is 10.0 Å². The standard InChI is InChI=1S/C22H26F3N2O7PS/c23-22(24,25)17-8-12-19(13-9-17)36(32,33)27-18-10-6-16(7-11-18)21(28)26-20(14-34-35(29,30)31)15-4-2-1-3-5-15/h1-5,8-9,12-13,16,18,20,27H,6-7,10-11,14H2,(H,26,28)(H2,29,30,31)/t16?,18?,20-/m0/s1. The van der Waals surface area contributed by atoms with Crippen LogP contribution in [-0.4, -0.2) is 36.8 Å². The number of phosphoric ester groups is 1. The predicted molar refractivity (Wildman–Crippen MR) is 123 cm³/mol. The van der Waals surface area contributed by atoms with Crippen LogP contribution in [0, 0.1) is 5.92 Å². The Hall–Kier alpha value is -2.28. The van der Waals surface area contributed by atoms with Crippen LogP contribution in [0.25, 0.3) is 0 Å². The van der Waals surface area contributed by atoms with Crippen LogP contribution >= 0.6 is 7.82 Å². The lowest BCUT2D eigenvalue weighted by atomic mass is 9.85. The number of amides is 1. The number of phosphoric acid groups is 1. The highest BCUT2D eigenvalue weighted by molar-refractivity contribution is 7.89. The van der Waals surface area contributed by atoms with Gasteiger partial charge in [-0.25, -0.2) is 17.7 Å². The molecule has 0 aromatic heterocycles. The van der Waals surface area contributed by atoms with Crippen molar-refractivity contribution in [2.45, 2.75) is 48.8 Å². The van der Waals surface area contributed by atoms with Crippen molar-refractivity contribution in [1.82, 2.24) is 10.0 Å². The Bertz CT molecular complexity index is 1180. The first-order valence-electron chi connectivity index (χ1n) is 11.0. The van der Waals surface area contributed by atoms with Gasteiger partial charge in [-0.1, -0.05) is 30.3 Å². The summed E-state index contributed by atoms with van der Waals surface area (Å²) < 4.78 is 81.5. The molecule has 3 rings (SSSR count). The van der Waals surface area contributed by atoms with E-state index in [4.69, 9.17) is 9.79 Å². The molecule has 2 aromatic rings. The molecule has 0 unspecified atom stereocenters. The summed E-state index contributed by atoms with van der Waals surface area (Å²) in [5.41, 5.74) is -0.356. The fourth-order valence-corrected chi connectivity index (χ4v) is 5.60. The van der Waals surface area contributed by atoms with Gasteiger partial charge in [-0.05, 0) is 55.5 Å². The summed E-state index contributed by atoms with van der Waals surface area (Å²) in [5, 5.41) is 2.74. The Morgan fingerprint density at radius 2 is 1.61 bits per heavy atom. The number of hydrogen-bond acceptors (Lipinski definition) is 5. The van der Waals surface area contributed by atoms with Crippen molar-refractivity contribution >= 4 is 23.8 Å². The van der Waals surface area contributed by atoms with Crippen molar-refractivity contribution in [3.05, 3.63) is 65.7 Å². The first kappa shape index (κ1) is 28.3. The first-order chi connectivity index (χ1) is 16.7. The summed E-state index contributed by atoms with van der Waals surface area (Å²) >= 11 is 0. The Morgan fingerprint density at radius 1 is 1.03 bits per heavy atom.